The predicted octanol–water partition coefficient (Wildman–Crippen LogP) is 0.233. The molecular formula is C11H20N2O2. The minimum Gasteiger partial charge on any atom is -0.371 e. The highest BCUT2D eigenvalue weighted by molar-refractivity contribution is 5.78. The summed E-state index contributed by atoms with van der Waals surface area (Å²) >= 11 is 0. The molecule has 4 heteroatoms. The average Bonchev–Trinajstić information content (AvgIpc) is 2.40. The largest absolute Gasteiger partial charge is 0.371 e. The third-order valence-electron chi connectivity index (χ3n) is 3.31. The number of carbonyl (C=O) groups excluding carboxylic acids is 1. The first-order valence-corrected chi connectivity index (χ1v) is 5.91. The van der Waals surface area contributed by atoms with Gasteiger partial charge in [0.1, 0.15) is 6.61 Å². The van der Waals surface area contributed by atoms with Gasteiger partial charge in [0.15, 0.2) is 0 Å². The van der Waals surface area contributed by atoms with Crippen LogP contribution in [0.4, 0.5) is 0 Å². The van der Waals surface area contributed by atoms with Crippen LogP contribution in [0.1, 0.15) is 19.8 Å². The van der Waals surface area contributed by atoms with Crippen molar-refractivity contribution in [3.8, 4) is 0 Å². The molecule has 0 aromatic rings. The second-order valence-electron chi connectivity index (χ2n) is 4.42. The number of amides is 1. The molecule has 2 aliphatic rings. The zero-order chi connectivity index (χ0) is 10.7. The van der Waals surface area contributed by atoms with E-state index in [1.807, 2.05) is 4.90 Å². The van der Waals surface area contributed by atoms with Gasteiger partial charge in [-0.1, -0.05) is 6.92 Å². The number of piperidine rings is 1. The first kappa shape index (κ1) is 10.9. The van der Waals surface area contributed by atoms with Crippen molar-refractivity contribution in [1.82, 2.24) is 10.2 Å². The van der Waals surface area contributed by atoms with Gasteiger partial charge in [0, 0.05) is 25.0 Å². The Bertz CT molecular complexity index is 233. The Balaban J connectivity index is 2.10. The van der Waals surface area contributed by atoms with Crippen molar-refractivity contribution in [2.45, 2.75) is 25.8 Å². The summed E-state index contributed by atoms with van der Waals surface area (Å²) in [5, 5.41) is 3.37. The molecule has 2 unspecified atom stereocenters. The van der Waals surface area contributed by atoms with Gasteiger partial charge in [0.2, 0.25) is 5.91 Å². The summed E-state index contributed by atoms with van der Waals surface area (Å²) in [6.45, 7) is 6.00. The molecule has 1 N–H and O–H groups in total. The number of hydrogen-bond acceptors (Lipinski definition) is 3. The van der Waals surface area contributed by atoms with Gasteiger partial charge in [-0.05, 0) is 19.4 Å². The first-order chi connectivity index (χ1) is 7.33. The molecule has 0 saturated carbocycles. The molecule has 2 atom stereocenters. The quantitative estimate of drug-likeness (QED) is 0.712. The molecule has 0 bridgehead atoms. The van der Waals surface area contributed by atoms with Crippen LogP contribution in [0.2, 0.25) is 0 Å². The average molecular weight is 212 g/mol. The lowest BCUT2D eigenvalue weighted by molar-refractivity contribution is -0.136. The number of hydrogen-bond donors (Lipinski definition) is 1. The van der Waals surface area contributed by atoms with Crippen LogP contribution in [0.5, 0.6) is 0 Å². The SMILES string of the molecule is CCCN1C(=O)COCC2CNCCC21. The van der Waals surface area contributed by atoms with Crippen LogP contribution in [0.25, 0.3) is 0 Å². The smallest absolute Gasteiger partial charge is 0.248 e. The van der Waals surface area contributed by atoms with Crippen molar-refractivity contribution >= 4 is 5.91 Å². The van der Waals surface area contributed by atoms with Gasteiger partial charge in [-0.3, -0.25) is 4.79 Å². The lowest BCUT2D eigenvalue weighted by Gasteiger charge is -2.37. The minimum atomic E-state index is 0.172. The normalized spacial score (nSPS) is 32.3. The van der Waals surface area contributed by atoms with E-state index in [1.54, 1.807) is 0 Å². The molecule has 0 aromatic heterocycles. The number of rotatable bonds is 2. The van der Waals surface area contributed by atoms with Crippen molar-refractivity contribution in [2.24, 2.45) is 5.92 Å². The van der Waals surface area contributed by atoms with Gasteiger partial charge in [0.05, 0.1) is 6.61 Å². The summed E-state index contributed by atoms with van der Waals surface area (Å²) in [6, 6.07) is 0.404. The summed E-state index contributed by atoms with van der Waals surface area (Å²) in [5.41, 5.74) is 0. The third-order valence-corrected chi connectivity index (χ3v) is 3.31. The topological polar surface area (TPSA) is 41.6 Å². The molecule has 0 aromatic carbocycles. The summed E-state index contributed by atoms with van der Waals surface area (Å²) < 4.78 is 5.42. The molecule has 1 amide bonds. The number of ether oxygens (including phenoxy) is 1. The van der Waals surface area contributed by atoms with Crippen LogP contribution < -0.4 is 5.32 Å². The Hall–Kier alpha value is -0.610. The van der Waals surface area contributed by atoms with E-state index in [9.17, 15) is 4.79 Å². The molecule has 0 aliphatic carbocycles. The third kappa shape index (κ3) is 2.32. The van der Waals surface area contributed by atoms with Crippen LogP contribution in [-0.2, 0) is 9.53 Å². The number of carbonyl (C=O) groups is 1. The molecule has 2 saturated heterocycles. The lowest BCUT2D eigenvalue weighted by atomic mass is 9.92. The van der Waals surface area contributed by atoms with Gasteiger partial charge in [-0.15, -0.1) is 0 Å². The van der Waals surface area contributed by atoms with Crippen molar-refractivity contribution in [1.29, 1.82) is 0 Å². The monoisotopic (exact) mass is 212 g/mol. The van der Waals surface area contributed by atoms with E-state index in [2.05, 4.69) is 12.2 Å². The highest BCUT2D eigenvalue weighted by Crippen LogP contribution is 2.21. The first-order valence-electron chi connectivity index (χ1n) is 5.91. The Morgan fingerprint density at radius 1 is 1.60 bits per heavy atom. The Morgan fingerprint density at radius 2 is 2.47 bits per heavy atom. The van der Waals surface area contributed by atoms with Crippen LogP contribution in [0, 0.1) is 5.92 Å². The van der Waals surface area contributed by atoms with E-state index in [4.69, 9.17) is 4.74 Å². The molecule has 2 fully saturated rings. The van der Waals surface area contributed by atoms with Crippen LogP contribution in [0.3, 0.4) is 0 Å². The van der Waals surface area contributed by atoms with E-state index >= 15 is 0 Å². The zero-order valence-electron chi connectivity index (χ0n) is 9.37. The summed E-state index contributed by atoms with van der Waals surface area (Å²) in [4.78, 5) is 13.9. The van der Waals surface area contributed by atoms with Gasteiger partial charge in [-0.25, -0.2) is 0 Å². The zero-order valence-corrected chi connectivity index (χ0v) is 9.37. The fourth-order valence-electron chi connectivity index (χ4n) is 2.59. The van der Waals surface area contributed by atoms with Gasteiger partial charge in [-0.2, -0.15) is 0 Å². The van der Waals surface area contributed by atoms with E-state index in [0.29, 0.717) is 12.0 Å². The maximum absolute atomic E-state index is 11.8. The van der Waals surface area contributed by atoms with Crippen molar-refractivity contribution in [2.75, 3.05) is 32.8 Å². The number of fused-ring (bicyclic) bond motifs is 1. The van der Waals surface area contributed by atoms with Gasteiger partial charge in [0.25, 0.3) is 0 Å². The fourth-order valence-corrected chi connectivity index (χ4v) is 2.59. The van der Waals surface area contributed by atoms with Gasteiger partial charge < -0.3 is 15.0 Å². The van der Waals surface area contributed by atoms with E-state index in [1.165, 1.54) is 0 Å². The standard InChI is InChI=1S/C11H20N2O2/c1-2-5-13-10-3-4-12-6-9(10)7-15-8-11(13)14/h9-10,12H,2-8H2,1H3. The maximum atomic E-state index is 11.8. The lowest BCUT2D eigenvalue weighted by Crippen LogP contribution is -2.51. The highest BCUT2D eigenvalue weighted by Gasteiger charge is 2.34. The molecule has 2 aliphatic heterocycles. The van der Waals surface area contributed by atoms with Crippen molar-refractivity contribution < 1.29 is 9.53 Å². The Kier molecular flexibility index (Phi) is 3.59. The van der Waals surface area contributed by atoms with E-state index in [0.717, 1.165) is 39.1 Å². The molecule has 2 rings (SSSR count). The summed E-state index contributed by atoms with van der Waals surface area (Å²) in [7, 11) is 0. The molecular weight excluding hydrogens is 192 g/mol. The van der Waals surface area contributed by atoms with Crippen LogP contribution in [0.15, 0.2) is 0 Å². The molecule has 0 spiro atoms. The highest BCUT2D eigenvalue weighted by atomic mass is 16.5. The predicted molar refractivity (Wildman–Crippen MR) is 57.6 cm³/mol. The molecule has 2 heterocycles. The van der Waals surface area contributed by atoms with Gasteiger partial charge >= 0.3 is 0 Å². The fraction of sp³-hybridized carbons (Fsp3) is 0.909. The molecule has 4 nitrogen and oxygen atoms in total. The van der Waals surface area contributed by atoms with Crippen molar-refractivity contribution in [3.05, 3.63) is 0 Å². The number of nitrogens with zero attached hydrogens (tertiary/aromatic N) is 1. The van der Waals surface area contributed by atoms with E-state index < -0.39 is 0 Å². The van der Waals surface area contributed by atoms with Crippen LogP contribution in [-0.4, -0.2) is 49.7 Å². The van der Waals surface area contributed by atoms with E-state index in [-0.39, 0.29) is 12.5 Å². The van der Waals surface area contributed by atoms with Crippen molar-refractivity contribution in [3.63, 3.8) is 0 Å². The molecule has 0 radical (unpaired) electrons. The molecule has 86 valence electrons. The second kappa shape index (κ2) is 4.94. The Labute approximate surface area is 91.0 Å². The number of nitrogens with one attached hydrogen (secondary N) is 1. The minimum absolute atomic E-state index is 0.172. The summed E-state index contributed by atoms with van der Waals surface area (Å²) in [6.07, 6.45) is 2.10. The maximum Gasteiger partial charge on any atom is 0.248 e. The Morgan fingerprint density at radius 3 is 3.27 bits per heavy atom. The molecule has 15 heavy (non-hydrogen) atoms. The second-order valence-corrected chi connectivity index (χ2v) is 4.42. The summed E-state index contributed by atoms with van der Waals surface area (Å²) in [5.74, 6) is 0.656. The van der Waals surface area contributed by atoms with Crippen LogP contribution >= 0.6 is 0 Å².